The van der Waals surface area contributed by atoms with Crippen LogP contribution in [0.1, 0.15) is 0 Å². The molecule has 0 amide bonds. The van der Waals surface area contributed by atoms with Crippen molar-refractivity contribution in [3.63, 3.8) is 0 Å². The third-order valence-corrected chi connectivity index (χ3v) is 7.40. The molecule has 0 atom stereocenters. The molecule has 1 N–H and O–H groups in total. The Morgan fingerprint density at radius 2 is 1.70 bits per heavy atom. The standard InChI is InChI=1S/C20H23N5O3S2/c1-23-11-13-24(14-12-23)30(26,27)16-9-7-15(8-10-16)19-21-22-20(29)25(19)17-5-3-4-6-18(17)28-2/h3-10H,11-14H2,1-2H3,(H,22,29). The van der Waals surface area contributed by atoms with Crippen molar-refractivity contribution in [3.8, 4) is 22.8 Å². The van der Waals surface area contributed by atoms with Crippen LogP contribution in [0.2, 0.25) is 0 Å². The summed E-state index contributed by atoms with van der Waals surface area (Å²) in [7, 11) is 0.0694. The van der Waals surface area contributed by atoms with Crippen LogP contribution in [-0.2, 0) is 10.0 Å². The Labute approximate surface area is 180 Å². The highest BCUT2D eigenvalue weighted by Gasteiger charge is 2.27. The van der Waals surface area contributed by atoms with Gasteiger partial charge in [-0.3, -0.25) is 9.67 Å². The van der Waals surface area contributed by atoms with Gasteiger partial charge in [-0.1, -0.05) is 12.1 Å². The van der Waals surface area contributed by atoms with E-state index in [9.17, 15) is 8.42 Å². The maximum Gasteiger partial charge on any atom is 0.243 e. The smallest absolute Gasteiger partial charge is 0.243 e. The van der Waals surface area contributed by atoms with Crippen LogP contribution in [0.4, 0.5) is 0 Å². The molecule has 2 aromatic carbocycles. The number of ether oxygens (including phenoxy) is 1. The largest absolute Gasteiger partial charge is 0.495 e. The van der Waals surface area contributed by atoms with Gasteiger partial charge in [0.05, 0.1) is 17.7 Å². The number of sulfonamides is 1. The molecule has 30 heavy (non-hydrogen) atoms. The van der Waals surface area contributed by atoms with E-state index < -0.39 is 10.0 Å². The van der Waals surface area contributed by atoms with Gasteiger partial charge in [-0.15, -0.1) is 0 Å². The zero-order chi connectivity index (χ0) is 21.3. The fourth-order valence-corrected chi connectivity index (χ4v) is 5.13. The summed E-state index contributed by atoms with van der Waals surface area (Å²) in [5, 5.41) is 7.17. The molecule has 2 heterocycles. The first-order valence-electron chi connectivity index (χ1n) is 9.52. The summed E-state index contributed by atoms with van der Waals surface area (Å²) in [6, 6.07) is 14.2. The molecule has 1 fully saturated rings. The van der Waals surface area contributed by atoms with Gasteiger partial charge >= 0.3 is 0 Å². The zero-order valence-corrected chi connectivity index (χ0v) is 18.4. The van der Waals surface area contributed by atoms with Crippen molar-refractivity contribution in [2.24, 2.45) is 0 Å². The number of aromatic amines is 1. The Balaban J connectivity index is 1.69. The first-order chi connectivity index (χ1) is 14.4. The Bertz CT molecular complexity index is 1190. The molecule has 1 saturated heterocycles. The second-order valence-electron chi connectivity index (χ2n) is 7.09. The summed E-state index contributed by atoms with van der Waals surface area (Å²) in [5.74, 6) is 1.23. The van der Waals surface area contributed by atoms with Gasteiger partial charge in [0, 0.05) is 31.7 Å². The van der Waals surface area contributed by atoms with Crippen LogP contribution in [0.5, 0.6) is 5.75 Å². The number of benzene rings is 2. The van der Waals surface area contributed by atoms with Crippen molar-refractivity contribution in [2.75, 3.05) is 40.3 Å². The molecule has 0 unspecified atom stereocenters. The predicted molar refractivity (Wildman–Crippen MR) is 117 cm³/mol. The van der Waals surface area contributed by atoms with Gasteiger partial charge in [-0.05, 0) is 55.7 Å². The monoisotopic (exact) mass is 445 g/mol. The molecule has 10 heteroatoms. The SMILES string of the molecule is COc1ccccc1-n1c(-c2ccc(S(=O)(=O)N3CCN(C)CC3)cc2)n[nH]c1=S. The zero-order valence-electron chi connectivity index (χ0n) is 16.8. The summed E-state index contributed by atoms with van der Waals surface area (Å²) >= 11 is 5.43. The van der Waals surface area contributed by atoms with E-state index in [4.69, 9.17) is 17.0 Å². The topological polar surface area (TPSA) is 83.5 Å². The number of aromatic nitrogens is 3. The Morgan fingerprint density at radius 1 is 1.03 bits per heavy atom. The lowest BCUT2D eigenvalue weighted by atomic mass is 10.2. The highest BCUT2D eigenvalue weighted by atomic mass is 32.2. The lowest BCUT2D eigenvalue weighted by Crippen LogP contribution is -2.46. The minimum Gasteiger partial charge on any atom is -0.495 e. The van der Waals surface area contributed by atoms with Crippen molar-refractivity contribution >= 4 is 22.2 Å². The molecule has 1 aliphatic heterocycles. The first kappa shape index (κ1) is 20.7. The van der Waals surface area contributed by atoms with E-state index in [1.807, 2.05) is 31.3 Å². The average Bonchev–Trinajstić information content (AvgIpc) is 3.15. The molecule has 0 spiro atoms. The van der Waals surface area contributed by atoms with Crippen molar-refractivity contribution in [2.45, 2.75) is 4.90 Å². The van der Waals surface area contributed by atoms with E-state index in [1.54, 1.807) is 35.9 Å². The number of methoxy groups -OCH3 is 1. The molecule has 8 nitrogen and oxygen atoms in total. The average molecular weight is 446 g/mol. The number of likely N-dealkylation sites (N-methyl/N-ethyl adjacent to an activating group) is 1. The molecule has 0 radical (unpaired) electrons. The molecule has 0 bridgehead atoms. The quantitative estimate of drug-likeness (QED) is 0.608. The Hall–Kier alpha value is -2.53. The number of hydrogen-bond acceptors (Lipinski definition) is 6. The van der Waals surface area contributed by atoms with Gasteiger partial charge < -0.3 is 9.64 Å². The van der Waals surface area contributed by atoms with Gasteiger partial charge in [-0.25, -0.2) is 8.42 Å². The number of rotatable bonds is 5. The van der Waals surface area contributed by atoms with Gasteiger partial charge in [-0.2, -0.15) is 9.40 Å². The molecule has 0 saturated carbocycles. The third kappa shape index (κ3) is 3.79. The van der Waals surface area contributed by atoms with Crippen molar-refractivity contribution in [1.82, 2.24) is 24.0 Å². The Morgan fingerprint density at radius 3 is 2.37 bits per heavy atom. The fraction of sp³-hybridized carbons (Fsp3) is 0.300. The lowest BCUT2D eigenvalue weighted by molar-refractivity contribution is 0.222. The molecular weight excluding hydrogens is 422 g/mol. The molecule has 0 aliphatic carbocycles. The fourth-order valence-electron chi connectivity index (χ4n) is 3.48. The molecule has 4 rings (SSSR count). The molecular formula is C20H23N5O3S2. The number of H-pyrrole nitrogens is 1. The number of hydrogen-bond donors (Lipinski definition) is 1. The minimum atomic E-state index is -3.52. The molecule has 3 aromatic rings. The van der Waals surface area contributed by atoms with E-state index in [2.05, 4.69) is 15.1 Å². The van der Waals surface area contributed by atoms with E-state index in [0.717, 1.165) is 24.3 Å². The summed E-state index contributed by atoms with van der Waals surface area (Å²) in [5.41, 5.74) is 1.49. The third-order valence-electron chi connectivity index (χ3n) is 5.21. The molecule has 1 aliphatic rings. The predicted octanol–water partition coefficient (Wildman–Crippen LogP) is 2.54. The van der Waals surface area contributed by atoms with Crippen LogP contribution in [0.25, 0.3) is 17.1 Å². The lowest BCUT2D eigenvalue weighted by Gasteiger charge is -2.31. The van der Waals surface area contributed by atoms with Crippen LogP contribution < -0.4 is 4.74 Å². The Kier molecular flexibility index (Phi) is 5.74. The maximum atomic E-state index is 13.0. The van der Waals surface area contributed by atoms with E-state index in [-0.39, 0.29) is 4.90 Å². The van der Waals surface area contributed by atoms with Crippen LogP contribution >= 0.6 is 12.2 Å². The van der Waals surface area contributed by atoms with E-state index in [0.29, 0.717) is 29.4 Å². The molecule has 1 aromatic heterocycles. The van der Waals surface area contributed by atoms with Crippen LogP contribution in [0, 0.1) is 4.77 Å². The maximum absolute atomic E-state index is 13.0. The van der Waals surface area contributed by atoms with Gasteiger partial charge in [0.15, 0.2) is 10.6 Å². The number of piperazine rings is 1. The normalized spacial score (nSPS) is 15.9. The van der Waals surface area contributed by atoms with Gasteiger partial charge in [0.25, 0.3) is 0 Å². The number of para-hydroxylation sites is 2. The summed E-state index contributed by atoms with van der Waals surface area (Å²) in [6.07, 6.45) is 0. The van der Waals surface area contributed by atoms with Crippen LogP contribution in [-0.4, -0.2) is 72.7 Å². The highest BCUT2D eigenvalue weighted by molar-refractivity contribution is 7.89. The number of nitrogens with one attached hydrogen (secondary N) is 1. The van der Waals surface area contributed by atoms with Gasteiger partial charge in [0.2, 0.25) is 10.0 Å². The number of nitrogens with zero attached hydrogens (tertiary/aromatic N) is 4. The van der Waals surface area contributed by atoms with Crippen molar-refractivity contribution in [3.05, 3.63) is 53.3 Å². The summed E-state index contributed by atoms with van der Waals surface area (Å²) < 4.78 is 35.1. The van der Waals surface area contributed by atoms with E-state index >= 15 is 0 Å². The molecule has 158 valence electrons. The van der Waals surface area contributed by atoms with Crippen molar-refractivity contribution < 1.29 is 13.2 Å². The van der Waals surface area contributed by atoms with Crippen LogP contribution in [0.15, 0.2) is 53.4 Å². The summed E-state index contributed by atoms with van der Waals surface area (Å²) in [6.45, 7) is 2.44. The highest BCUT2D eigenvalue weighted by Crippen LogP contribution is 2.29. The van der Waals surface area contributed by atoms with Crippen molar-refractivity contribution in [1.29, 1.82) is 0 Å². The minimum absolute atomic E-state index is 0.272. The first-order valence-corrected chi connectivity index (χ1v) is 11.4. The summed E-state index contributed by atoms with van der Waals surface area (Å²) in [4.78, 5) is 2.39. The van der Waals surface area contributed by atoms with E-state index in [1.165, 1.54) is 4.31 Å². The van der Waals surface area contributed by atoms with Gasteiger partial charge in [0.1, 0.15) is 5.75 Å². The second kappa shape index (κ2) is 8.31. The van der Waals surface area contributed by atoms with Crippen LogP contribution in [0.3, 0.4) is 0 Å². The second-order valence-corrected chi connectivity index (χ2v) is 9.42.